The number of carbonyl (C=O) groups is 4. The van der Waals surface area contributed by atoms with Gasteiger partial charge in [-0.2, -0.15) is 0 Å². The molecule has 10 nitrogen and oxygen atoms in total. The monoisotopic (exact) mass is 596 g/mol. The number of rotatable bonds is 11. The van der Waals surface area contributed by atoms with Crippen LogP contribution in [0.1, 0.15) is 84.8 Å². The van der Waals surface area contributed by atoms with Gasteiger partial charge in [0.15, 0.2) is 0 Å². The average Bonchev–Trinajstić information content (AvgIpc) is 3.22. The highest BCUT2D eigenvalue weighted by molar-refractivity contribution is 5.82. The normalized spacial score (nSPS) is 14.1. The van der Waals surface area contributed by atoms with E-state index in [1.165, 1.54) is 4.90 Å². The van der Waals surface area contributed by atoms with Gasteiger partial charge in [0.2, 0.25) is 0 Å². The number of hydrogen-bond donors (Lipinski definition) is 2. The Morgan fingerprint density at radius 3 is 1.91 bits per heavy atom. The summed E-state index contributed by atoms with van der Waals surface area (Å²) in [6, 6.07) is 13.8. The minimum Gasteiger partial charge on any atom is -0.480 e. The van der Waals surface area contributed by atoms with E-state index in [1.807, 2.05) is 48.5 Å². The van der Waals surface area contributed by atoms with Gasteiger partial charge < -0.3 is 24.6 Å². The van der Waals surface area contributed by atoms with Gasteiger partial charge in [-0.15, -0.1) is 0 Å². The number of benzene rings is 2. The second-order valence-corrected chi connectivity index (χ2v) is 12.7. The quantitative estimate of drug-likeness (QED) is 0.180. The number of alkyl carbamates (subject to hydrolysis) is 1. The predicted octanol–water partition coefficient (Wildman–Crippen LogP) is 6.12. The largest absolute Gasteiger partial charge is 0.480 e. The molecule has 3 rings (SSSR count). The zero-order valence-corrected chi connectivity index (χ0v) is 26.1. The first kappa shape index (κ1) is 33.4. The molecule has 1 aliphatic rings. The maximum Gasteiger partial charge on any atom is 0.411 e. The molecule has 2 amide bonds. The molecular weight excluding hydrogens is 552 g/mol. The van der Waals surface area contributed by atoms with Crippen LogP contribution in [0.15, 0.2) is 48.5 Å². The van der Waals surface area contributed by atoms with Crippen molar-refractivity contribution in [3.05, 3.63) is 59.7 Å². The molecule has 43 heavy (non-hydrogen) atoms. The summed E-state index contributed by atoms with van der Waals surface area (Å²) in [5, 5.41) is 12.2. The fraction of sp³-hybridized carbons (Fsp3) is 0.515. The summed E-state index contributed by atoms with van der Waals surface area (Å²) < 4.78 is 16.5. The number of esters is 1. The average molecular weight is 597 g/mol. The number of fused-ring (bicyclic) bond motifs is 3. The van der Waals surface area contributed by atoms with Gasteiger partial charge in [-0.3, -0.25) is 4.90 Å². The first-order chi connectivity index (χ1) is 20.1. The summed E-state index contributed by atoms with van der Waals surface area (Å²) in [4.78, 5) is 51.5. The minimum absolute atomic E-state index is 0.0690. The third kappa shape index (κ3) is 9.46. The summed E-state index contributed by atoms with van der Waals surface area (Å²) in [5.41, 5.74) is 2.80. The van der Waals surface area contributed by atoms with Crippen molar-refractivity contribution in [2.75, 3.05) is 13.2 Å². The van der Waals surface area contributed by atoms with E-state index < -0.39 is 47.4 Å². The van der Waals surface area contributed by atoms with E-state index in [9.17, 15) is 24.3 Å². The van der Waals surface area contributed by atoms with Crippen LogP contribution >= 0.6 is 0 Å². The third-order valence-corrected chi connectivity index (χ3v) is 6.92. The highest BCUT2D eigenvalue weighted by Crippen LogP contribution is 2.44. The molecule has 0 spiro atoms. The van der Waals surface area contributed by atoms with E-state index in [0.717, 1.165) is 22.3 Å². The second kappa shape index (κ2) is 13.9. The van der Waals surface area contributed by atoms with E-state index >= 15 is 0 Å². The molecule has 0 fully saturated rings. The van der Waals surface area contributed by atoms with Crippen LogP contribution in [0.25, 0.3) is 11.1 Å². The van der Waals surface area contributed by atoms with Crippen LogP contribution in [-0.4, -0.2) is 70.6 Å². The number of hydrogen-bond acceptors (Lipinski definition) is 7. The van der Waals surface area contributed by atoms with Crippen LogP contribution in [0.4, 0.5) is 9.59 Å². The van der Waals surface area contributed by atoms with Crippen molar-refractivity contribution in [2.45, 2.75) is 96.9 Å². The lowest BCUT2D eigenvalue weighted by atomic mass is 9.98. The standard InChI is InChI=1S/C33H44N2O8/c1-21(29(38)42-32(2,3)4)35(31(40)43-33(5,6)7)19-13-12-18-27(28(36)37)34-30(39)41-20-26-24-16-10-8-14-22(24)23-15-9-11-17-25(23)26/h8-11,14-17,21,26-27H,12-13,18-20H2,1-7H3,(H,34,39)(H,36,37)/t21?,27-/m0/s1. The van der Waals surface area contributed by atoms with Crippen LogP contribution in [0.2, 0.25) is 0 Å². The van der Waals surface area contributed by atoms with E-state index in [-0.39, 0.29) is 25.5 Å². The number of ether oxygens (including phenoxy) is 3. The number of nitrogens with one attached hydrogen (secondary N) is 1. The topological polar surface area (TPSA) is 131 Å². The van der Waals surface area contributed by atoms with Crippen LogP contribution in [0.3, 0.4) is 0 Å². The molecule has 0 aliphatic heterocycles. The van der Waals surface area contributed by atoms with Crippen molar-refractivity contribution in [3.63, 3.8) is 0 Å². The molecular formula is C33H44N2O8. The number of carboxylic acids is 1. The molecule has 0 aromatic heterocycles. The van der Waals surface area contributed by atoms with Gasteiger partial charge in [-0.05, 0) is 90.0 Å². The second-order valence-electron chi connectivity index (χ2n) is 12.7. The highest BCUT2D eigenvalue weighted by atomic mass is 16.6. The number of amides is 2. The Bertz CT molecular complexity index is 1260. The van der Waals surface area contributed by atoms with Crippen molar-refractivity contribution in [1.29, 1.82) is 0 Å². The number of carboxylic acid groups (broad SMARTS) is 1. The van der Waals surface area contributed by atoms with Crippen molar-refractivity contribution in [2.24, 2.45) is 0 Å². The maximum absolute atomic E-state index is 12.9. The predicted molar refractivity (Wildman–Crippen MR) is 162 cm³/mol. The zero-order valence-electron chi connectivity index (χ0n) is 26.1. The minimum atomic E-state index is -1.19. The maximum atomic E-state index is 12.9. The molecule has 2 N–H and O–H groups in total. The smallest absolute Gasteiger partial charge is 0.411 e. The molecule has 0 heterocycles. The molecule has 0 saturated heterocycles. The number of unbranched alkanes of at least 4 members (excludes halogenated alkanes) is 1. The Hall–Kier alpha value is -4.08. The Morgan fingerprint density at radius 2 is 1.40 bits per heavy atom. The van der Waals surface area contributed by atoms with Gasteiger partial charge >= 0.3 is 24.1 Å². The molecule has 10 heteroatoms. The summed E-state index contributed by atoms with van der Waals surface area (Å²) in [7, 11) is 0. The first-order valence-electron chi connectivity index (χ1n) is 14.6. The van der Waals surface area contributed by atoms with Gasteiger partial charge in [0.05, 0.1) is 0 Å². The summed E-state index contributed by atoms with van der Waals surface area (Å²) >= 11 is 0. The number of nitrogens with zero attached hydrogens (tertiary/aromatic N) is 1. The first-order valence-corrected chi connectivity index (χ1v) is 14.6. The molecule has 0 bridgehead atoms. The summed E-state index contributed by atoms with van der Waals surface area (Å²) in [6.45, 7) is 12.2. The van der Waals surface area contributed by atoms with Crippen LogP contribution in [0.5, 0.6) is 0 Å². The van der Waals surface area contributed by atoms with E-state index in [0.29, 0.717) is 12.8 Å². The van der Waals surface area contributed by atoms with E-state index in [2.05, 4.69) is 5.32 Å². The van der Waals surface area contributed by atoms with Gasteiger partial charge in [0.1, 0.15) is 29.9 Å². The molecule has 234 valence electrons. The van der Waals surface area contributed by atoms with Crippen LogP contribution < -0.4 is 5.32 Å². The summed E-state index contributed by atoms with van der Waals surface area (Å²) in [5.74, 6) is -1.91. The molecule has 0 radical (unpaired) electrons. The number of carbonyl (C=O) groups excluding carboxylic acids is 3. The van der Waals surface area contributed by atoms with E-state index in [1.54, 1.807) is 48.5 Å². The fourth-order valence-corrected chi connectivity index (χ4v) is 4.95. The lowest BCUT2D eigenvalue weighted by molar-refractivity contribution is -0.160. The Morgan fingerprint density at radius 1 is 0.860 bits per heavy atom. The number of aliphatic carboxylic acids is 1. The van der Waals surface area contributed by atoms with Crippen molar-refractivity contribution in [3.8, 4) is 11.1 Å². The van der Waals surface area contributed by atoms with Crippen LogP contribution in [-0.2, 0) is 23.8 Å². The summed E-state index contributed by atoms with van der Waals surface area (Å²) in [6.07, 6.45) is -0.674. The molecule has 2 aromatic carbocycles. The lowest BCUT2D eigenvalue weighted by Gasteiger charge is -2.32. The van der Waals surface area contributed by atoms with Crippen molar-refractivity contribution >= 4 is 24.1 Å². The Labute approximate surface area is 253 Å². The van der Waals surface area contributed by atoms with Crippen LogP contribution in [0, 0.1) is 0 Å². The van der Waals surface area contributed by atoms with E-state index in [4.69, 9.17) is 14.2 Å². The van der Waals surface area contributed by atoms with Gasteiger partial charge in [-0.1, -0.05) is 48.5 Å². The molecule has 1 aliphatic carbocycles. The zero-order chi connectivity index (χ0) is 31.9. The van der Waals surface area contributed by atoms with Gasteiger partial charge in [0.25, 0.3) is 0 Å². The van der Waals surface area contributed by atoms with Gasteiger partial charge in [0, 0.05) is 12.5 Å². The fourth-order valence-electron chi connectivity index (χ4n) is 4.95. The third-order valence-electron chi connectivity index (χ3n) is 6.92. The van der Waals surface area contributed by atoms with Gasteiger partial charge in [-0.25, -0.2) is 19.2 Å². The van der Waals surface area contributed by atoms with Crippen molar-refractivity contribution in [1.82, 2.24) is 10.2 Å². The Balaban J connectivity index is 1.56. The molecule has 0 saturated carbocycles. The molecule has 2 aromatic rings. The Kier molecular flexibility index (Phi) is 10.8. The van der Waals surface area contributed by atoms with Crippen molar-refractivity contribution < 1.29 is 38.5 Å². The lowest BCUT2D eigenvalue weighted by Crippen LogP contribution is -2.48. The SMILES string of the molecule is CC(C(=O)OC(C)(C)C)N(CCCC[C@H](NC(=O)OCC1c2ccccc2-c2ccccc21)C(=O)O)C(=O)OC(C)(C)C. The molecule has 2 atom stereocenters. The molecule has 1 unspecified atom stereocenters. The highest BCUT2D eigenvalue weighted by Gasteiger charge is 2.33.